The highest BCUT2D eigenvalue weighted by Crippen LogP contribution is 2.43. The van der Waals surface area contributed by atoms with E-state index in [-0.39, 0.29) is 11.0 Å². The number of fused-ring (bicyclic) bond motifs is 2. The van der Waals surface area contributed by atoms with Crippen molar-refractivity contribution in [3.63, 3.8) is 0 Å². The molecular formula is C27H26ClNO6. The lowest BCUT2D eigenvalue weighted by Gasteiger charge is -2.31. The summed E-state index contributed by atoms with van der Waals surface area (Å²) >= 11 is 6.37. The molecule has 0 saturated carbocycles. The molecule has 2 N–H and O–H groups in total. The number of aliphatic carboxylic acids is 1. The molecular weight excluding hydrogens is 470 g/mol. The molecule has 3 aromatic rings. The zero-order chi connectivity index (χ0) is 25.5. The summed E-state index contributed by atoms with van der Waals surface area (Å²) in [6, 6.07) is 15.3. The summed E-state index contributed by atoms with van der Waals surface area (Å²) in [5.41, 5.74) is 1.66. The lowest BCUT2D eigenvalue weighted by molar-refractivity contribution is -0.147. The van der Waals surface area contributed by atoms with Gasteiger partial charge in [-0.05, 0) is 46.0 Å². The fraction of sp³-hybridized carbons (Fsp3) is 0.296. The number of carboxylic acid groups (broad SMARTS) is 2. The van der Waals surface area contributed by atoms with Crippen LogP contribution in [0.3, 0.4) is 0 Å². The van der Waals surface area contributed by atoms with E-state index in [1.807, 2.05) is 20.8 Å². The van der Waals surface area contributed by atoms with Crippen molar-refractivity contribution in [2.45, 2.75) is 39.4 Å². The summed E-state index contributed by atoms with van der Waals surface area (Å²) < 4.78 is 6.28. The topological polar surface area (TPSA) is 104 Å². The number of anilines is 1. The van der Waals surface area contributed by atoms with E-state index in [1.165, 1.54) is 6.07 Å². The molecule has 0 aliphatic carbocycles. The first-order chi connectivity index (χ1) is 16.5. The Labute approximate surface area is 207 Å². The number of hydrogen-bond acceptors (Lipinski definition) is 4. The van der Waals surface area contributed by atoms with Gasteiger partial charge >= 0.3 is 11.9 Å². The Hall–Kier alpha value is -3.42. The first-order valence-electron chi connectivity index (χ1n) is 11.2. The number of benzene rings is 3. The maximum absolute atomic E-state index is 13.6. The van der Waals surface area contributed by atoms with Crippen LogP contribution < -0.4 is 4.90 Å². The third-order valence-corrected chi connectivity index (χ3v) is 6.10. The van der Waals surface area contributed by atoms with E-state index in [9.17, 15) is 24.6 Å². The Bertz CT molecular complexity index is 1330. The van der Waals surface area contributed by atoms with Crippen molar-refractivity contribution in [3.8, 4) is 0 Å². The smallest absolute Gasteiger partial charge is 0.336 e. The van der Waals surface area contributed by atoms with Crippen molar-refractivity contribution in [3.05, 3.63) is 76.3 Å². The van der Waals surface area contributed by atoms with Gasteiger partial charge in [0.05, 0.1) is 12.0 Å². The van der Waals surface area contributed by atoms with Crippen LogP contribution in [0.5, 0.6) is 0 Å². The highest BCUT2D eigenvalue weighted by Gasteiger charge is 2.39. The molecule has 2 unspecified atom stereocenters. The molecule has 0 saturated heterocycles. The molecule has 1 aliphatic heterocycles. The van der Waals surface area contributed by atoms with Gasteiger partial charge in [0, 0.05) is 22.8 Å². The average Bonchev–Trinajstić information content (AvgIpc) is 2.87. The van der Waals surface area contributed by atoms with Gasteiger partial charge in [-0.3, -0.25) is 9.59 Å². The standard InChI is InChI=1S/C27H26ClNO6/c1-27(2,3)14-29-21-11-8-15(28)12-20(21)24(35-22(25(29)32)13-23(30)31)18-9-10-19(26(33)34)17-7-5-4-6-16(17)18/h4-12,22,24H,13-14H2,1-3H3,(H,30,31)(H,33,34). The number of amides is 1. The van der Waals surface area contributed by atoms with Crippen molar-refractivity contribution < 1.29 is 29.3 Å². The molecule has 0 fully saturated rings. The molecule has 0 bridgehead atoms. The van der Waals surface area contributed by atoms with Gasteiger partial charge in [-0.1, -0.05) is 62.7 Å². The number of aromatic carboxylic acids is 1. The molecule has 4 rings (SSSR count). The number of carbonyl (C=O) groups is 3. The number of rotatable bonds is 5. The third kappa shape index (κ3) is 5.01. The zero-order valence-electron chi connectivity index (χ0n) is 19.6. The van der Waals surface area contributed by atoms with Gasteiger partial charge in [0.1, 0.15) is 12.2 Å². The van der Waals surface area contributed by atoms with Gasteiger partial charge in [-0.2, -0.15) is 0 Å². The molecule has 8 heteroatoms. The Balaban J connectivity index is 1.99. The minimum absolute atomic E-state index is 0.136. The molecule has 182 valence electrons. The molecule has 0 spiro atoms. The molecule has 7 nitrogen and oxygen atoms in total. The van der Waals surface area contributed by atoms with Crippen molar-refractivity contribution >= 4 is 45.9 Å². The van der Waals surface area contributed by atoms with Gasteiger partial charge in [-0.25, -0.2) is 4.79 Å². The maximum Gasteiger partial charge on any atom is 0.336 e. The highest BCUT2D eigenvalue weighted by molar-refractivity contribution is 6.30. The summed E-state index contributed by atoms with van der Waals surface area (Å²) in [5.74, 6) is -2.67. The van der Waals surface area contributed by atoms with E-state index in [4.69, 9.17) is 16.3 Å². The van der Waals surface area contributed by atoms with Gasteiger partial charge in [0.2, 0.25) is 0 Å². The first-order valence-corrected chi connectivity index (χ1v) is 11.6. The number of nitrogens with zero attached hydrogens (tertiary/aromatic N) is 1. The minimum atomic E-state index is -1.25. The number of hydrogen-bond donors (Lipinski definition) is 2. The highest BCUT2D eigenvalue weighted by atomic mass is 35.5. The molecule has 1 heterocycles. The van der Waals surface area contributed by atoms with Crippen molar-refractivity contribution in [1.29, 1.82) is 0 Å². The number of carbonyl (C=O) groups excluding carboxylic acids is 1. The Morgan fingerprint density at radius 1 is 1.00 bits per heavy atom. The van der Waals surface area contributed by atoms with Crippen LogP contribution >= 0.6 is 11.6 Å². The van der Waals surface area contributed by atoms with Crippen molar-refractivity contribution in [2.75, 3.05) is 11.4 Å². The van der Waals surface area contributed by atoms with E-state index < -0.39 is 36.5 Å². The Morgan fingerprint density at radius 3 is 2.31 bits per heavy atom. The van der Waals surface area contributed by atoms with Crippen LogP contribution in [0.4, 0.5) is 5.69 Å². The fourth-order valence-corrected chi connectivity index (χ4v) is 4.66. The molecule has 0 radical (unpaired) electrons. The number of ether oxygens (including phenoxy) is 1. The second kappa shape index (κ2) is 9.32. The molecule has 1 amide bonds. The second-order valence-corrected chi connectivity index (χ2v) is 10.3. The number of carboxylic acids is 2. The predicted octanol–water partition coefficient (Wildman–Crippen LogP) is 5.53. The third-order valence-electron chi connectivity index (χ3n) is 5.87. The molecule has 1 aliphatic rings. The summed E-state index contributed by atoms with van der Waals surface area (Å²) in [7, 11) is 0. The largest absolute Gasteiger partial charge is 0.481 e. The minimum Gasteiger partial charge on any atom is -0.481 e. The molecule has 3 aromatic carbocycles. The van der Waals surface area contributed by atoms with Gasteiger partial charge in [-0.15, -0.1) is 0 Å². The van der Waals surface area contributed by atoms with Crippen LogP contribution in [0.1, 0.15) is 54.8 Å². The fourth-order valence-electron chi connectivity index (χ4n) is 4.48. The van der Waals surface area contributed by atoms with Crippen LogP contribution in [-0.2, 0) is 14.3 Å². The quantitative estimate of drug-likeness (QED) is 0.482. The lowest BCUT2D eigenvalue weighted by Crippen LogP contribution is -2.44. The molecule has 0 aromatic heterocycles. The number of halogens is 1. The van der Waals surface area contributed by atoms with E-state index in [0.29, 0.717) is 39.2 Å². The van der Waals surface area contributed by atoms with E-state index in [1.54, 1.807) is 53.4 Å². The second-order valence-electron chi connectivity index (χ2n) is 9.84. The summed E-state index contributed by atoms with van der Waals surface area (Å²) in [4.78, 5) is 38.7. The van der Waals surface area contributed by atoms with Crippen LogP contribution in [-0.4, -0.2) is 40.7 Å². The summed E-state index contributed by atoms with van der Waals surface area (Å²) in [6.45, 7) is 6.31. The predicted molar refractivity (Wildman–Crippen MR) is 133 cm³/mol. The molecule has 2 atom stereocenters. The van der Waals surface area contributed by atoms with Crippen LogP contribution in [0.2, 0.25) is 5.02 Å². The Kier molecular flexibility index (Phi) is 6.58. The van der Waals surface area contributed by atoms with E-state index in [0.717, 1.165) is 0 Å². The van der Waals surface area contributed by atoms with Gasteiger partial charge in [0.25, 0.3) is 5.91 Å². The van der Waals surface area contributed by atoms with Crippen LogP contribution in [0.15, 0.2) is 54.6 Å². The monoisotopic (exact) mass is 495 g/mol. The van der Waals surface area contributed by atoms with Crippen molar-refractivity contribution in [2.24, 2.45) is 5.41 Å². The van der Waals surface area contributed by atoms with Crippen molar-refractivity contribution in [1.82, 2.24) is 0 Å². The maximum atomic E-state index is 13.6. The first kappa shape index (κ1) is 24.7. The lowest BCUT2D eigenvalue weighted by atomic mass is 9.91. The van der Waals surface area contributed by atoms with Gasteiger partial charge in [0.15, 0.2) is 0 Å². The average molecular weight is 496 g/mol. The zero-order valence-corrected chi connectivity index (χ0v) is 20.4. The van der Waals surface area contributed by atoms with E-state index >= 15 is 0 Å². The van der Waals surface area contributed by atoms with Crippen LogP contribution in [0.25, 0.3) is 10.8 Å². The van der Waals surface area contributed by atoms with E-state index in [2.05, 4.69) is 0 Å². The summed E-state index contributed by atoms with van der Waals surface area (Å²) in [6.07, 6.45) is -2.61. The van der Waals surface area contributed by atoms with Crippen LogP contribution in [0, 0.1) is 5.41 Å². The normalized spacial score (nSPS) is 18.3. The van der Waals surface area contributed by atoms with Gasteiger partial charge < -0.3 is 19.8 Å². The summed E-state index contributed by atoms with van der Waals surface area (Å²) in [5, 5.41) is 20.8. The Morgan fingerprint density at radius 2 is 1.69 bits per heavy atom. The SMILES string of the molecule is CC(C)(C)CN1C(=O)C(CC(=O)O)OC(c2ccc(C(=O)O)c3ccccc23)c2cc(Cl)ccc21. The molecule has 35 heavy (non-hydrogen) atoms.